The number of aromatic nitrogens is 1. The number of hydrogen-bond acceptors (Lipinski definition) is 3. The molecule has 2 aromatic rings. The first-order valence-corrected chi connectivity index (χ1v) is 8.23. The average molecular weight is 325 g/mol. The highest BCUT2D eigenvalue weighted by Gasteiger charge is 2.12. The molecule has 0 saturated heterocycles. The van der Waals surface area contributed by atoms with E-state index in [-0.39, 0.29) is 17.5 Å². The van der Waals surface area contributed by atoms with Gasteiger partial charge in [-0.15, -0.1) is 0 Å². The van der Waals surface area contributed by atoms with Gasteiger partial charge in [0.05, 0.1) is 0 Å². The van der Waals surface area contributed by atoms with E-state index in [2.05, 4.69) is 22.5 Å². The molecule has 0 saturated carbocycles. The summed E-state index contributed by atoms with van der Waals surface area (Å²) in [5.41, 5.74) is 2.37. The summed E-state index contributed by atoms with van der Waals surface area (Å²) in [6, 6.07) is 10.6. The second-order valence-electron chi connectivity index (χ2n) is 5.66. The van der Waals surface area contributed by atoms with Crippen LogP contribution in [0.2, 0.25) is 0 Å². The molecule has 2 rings (SSSR count). The number of nitrogens with one attached hydrogen (secondary N) is 2. The van der Waals surface area contributed by atoms with Crippen molar-refractivity contribution in [2.45, 2.75) is 33.1 Å². The monoisotopic (exact) mass is 325 g/mol. The van der Waals surface area contributed by atoms with Crippen molar-refractivity contribution in [3.05, 3.63) is 59.4 Å². The van der Waals surface area contributed by atoms with Gasteiger partial charge in [-0.1, -0.05) is 38.0 Å². The summed E-state index contributed by atoms with van der Waals surface area (Å²) in [5.74, 6) is -0.511. The Morgan fingerprint density at radius 3 is 2.62 bits per heavy atom. The number of aryl methyl sites for hydroxylation is 1. The van der Waals surface area contributed by atoms with Gasteiger partial charge in [-0.3, -0.25) is 14.6 Å². The highest BCUT2D eigenvalue weighted by atomic mass is 16.2. The zero-order valence-electron chi connectivity index (χ0n) is 14.1. The Kier molecular flexibility index (Phi) is 6.49. The van der Waals surface area contributed by atoms with Crippen LogP contribution in [0.15, 0.2) is 42.6 Å². The van der Waals surface area contributed by atoms with Crippen molar-refractivity contribution in [1.82, 2.24) is 10.3 Å². The van der Waals surface area contributed by atoms with E-state index in [1.807, 2.05) is 31.2 Å². The molecular weight excluding hydrogens is 302 g/mol. The third kappa shape index (κ3) is 4.91. The number of pyridine rings is 1. The molecule has 24 heavy (non-hydrogen) atoms. The van der Waals surface area contributed by atoms with Gasteiger partial charge >= 0.3 is 0 Å². The topological polar surface area (TPSA) is 71.1 Å². The summed E-state index contributed by atoms with van der Waals surface area (Å²) >= 11 is 0. The Hall–Kier alpha value is -2.69. The molecule has 0 aliphatic carbocycles. The van der Waals surface area contributed by atoms with Crippen LogP contribution in [-0.4, -0.2) is 23.3 Å². The maximum absolute atomic E-state index is 12.3. The van der Waals surface area contributed by atoms with Crippen molar-refractivity contribution in [2.24, 2.45) is 0 Å². The molecule has 1 heterocycles. The van der Waals surface area contributed by atoms with Gasteiger partial charge in [0, 0.05) is 24.0 Å². The Morgan fingerprint density at radius 1 is 1.08 bits per heavy atom. The molecule has 5 nitrogen and oxygen atoms in total. The van der Waals surface area contributed by atoms with E-state index in [0.29, 0.717) is 12.1 Å². The van der Waals surface area contributed by atoms with Crippen LogP contribution in [0.1, 0.15) is 52.6 Å². The average Bonchev–Trinajstić information content (AvgIpc) is 2.60. The molecule has 1 aromatic carbocycles. The minimum atomic E-state index is -0.329. The number of hydrogen-bond donors (Lipinski definition) is 2. The van der Waals surface area contributed by atoms with Crippen molar-refractivity contribution in [3.63, 3.8) is 0 Å². The molecule has 0 aliphatic rings. The van der Waals surface area contributed by atoms with Crippen LogP contribution in [0, 0.1) is 6.92 Å². The van der Waals surface area contributed by atoms with Crippen molar-refractivity contribution in [1.29, 1.82) is 0 Å². The minimum absolute atomic E-state index is 0.182. The minimum Gasteiger partial charge on any atom is -0.352 e. The molecule has 5 heteroatoms. The number of carbonyl (C=O) groups excluding carboxylic acids is 2. The molecule has 0 atom stereocenters. The van der Waals surface area contributed by atoms with E-state index in [9.17, 15) is 9.59 Å². The molecule has 0 bridgehead atoms. The van der Waals surface area contributed by atoms with E-state index < -0.39 is 0 Å². The Morgan fingerprint density at radius 2 is 1.88 bits per heavy atom. The lowest BCUT2D eigenvalue weighted by Crippen LogP contribution is -2.25. The first-order chi connectivity index (χ1) is 11.6. The number of carbonyl (C=O) groups is 2. The van der Waals surface area contributed by atoms with Gasteiger partial charge in [0.1, 0.15) is 5.69 Å². The van der Waals surface area contributed by atoms with Gasteiger partial charge in [0.25, 0.3) is 11.8 Å². The molecular formula is C19H23N3O2. The predicted octanol–water partition coefficient (Wildman–Crippen LogP) is 3.56. The number of anilines is 1. The van der Waals surface area contributed by atoms with Crippen LogP contribution in [0.4, 0.5) is 5.69 Å². The molecule has 2 N–H and O–H groups in total. The number of nitrogens with zero attached hydrogens (tertiary/aromatic N) is 1. The zero-order valence-corrected chi connectivity index (χ0v) is 14.1. The predicted molar refractivity (Wildman–Crippen MR) is 95.2 cm³/mol. The summed E-state index contributed by atoms with van der Waals surface area (Å²) in [7, 11) is 0. The number of amides is 2. The van der Waals surface area contributed by atoms with Gasteiger partial charge in [-0.25, -0.2) is 0 Å². The summed E-state index contributed by atoms with van der Waals surface area (Å²) in [4.78, 5) is 28.5. The summed E-state index contributed by atoms with van der Waals surface area (Å²) < 4.78 is 0. The van der Waals surface area contributed by atoms with Crippen molar-refractivity contribution < 1.29 is 9.59 Å². The second-order valence-corrected chi connectivity index (χ2v) is 5.66. The molecule has 0 unspecified atom stereocenters. The van der Waals surface area contributed by atoms with Crippen molar-refractivity contribution in [3.8, 4) is 0 Å². The Bertz CT molecular complexity index is 713. The van der Waals surface area contributed by atoms with Gasteiger partial charge < -0.3 is 10.6 Å². The van der Waals surface area contributed by atoms with E-state index in [0.717, 1.165) is 30.5 Å². The van der Waals surface area contributed by atoms with Crippen LogP contribution >= 0.6 is 0 Å². The van der Waals surface area contributed by atoms with Gasteiger partial charge in [0.15, 0.2) is 0 Å². The molecule has 0 aliphatic heterocycles. The normalized spacial score (nSPS) is 10.2. The van der Waals surface area contributed by atoms with Crippen LogP contribution in [-0.2, 0) is 0 Å². The number of benzene rings is 1. The van der Waals surface area contributed by atoms with Gasteiger partial charge in [0.2, 0.25) is 0 Å². The lowest BCUT2D eigenvalue weighted by atomic mass is 10.1. The smallest absolute Gasteiger partial charge is 0.274 e. The lowest BCUT2D eigenvalue weighted by molar-refractivity contribution is 0.0953. The van der Waals surface area contributed by atoms with Crippen molar-refractivity contribution >= 4 is 17.5 Å². The first-order valence-electron chi connectivity index (χ1n) is 8.23. The van der Waals surface area contributed by atoms with E-state index in [1.54, 1.807) is 6.07 Å². The van der Waals surface area contributed by atoms with Crippen LogP contribution in [0.5, 0.6) is 0 Å². The second kappa shape index (κ2) is 8.82. The molecule has 0 spiro atoms. The van der Waals surface area contributed by atoms with Gasteiger partial charge in [-0.05, 0) is 37.1 Å². The maximum atomic E-state index is 12.3. The molecule has 0 fully saturated rings. The van der Waals surface area contributed by atoms with E-state index >= 15 is 0 Å². The highest BCUT2D eigenvalue weighted by molar-refractivity contribution is 6.05. The quantitative estimate of drug-likeness (QED) is 0.765. The summed E-state index contributed by atoms with van der Waals surface area (Å²) in [6.07, 6.45) is 4.62. The van der Waals surface area contributed by atoms with Crippen LogP contribution in [0.3, 0.4) is 0 Å². The third-order valence-corrected chi connectivity index (χ3v) is 3.71. The van der Waals surface area contributed by atoms with E-state index in [4.69, 9.17) is 0 Å². The fourth-order valence-corrected chi connectivity index (χ4v) is 2.27. The highest BCUT2D eigenvalue weighted by Crippen LogP contribution is 2.14. The fraction of sp³-hybridized carbons (Fsp3) is 0.316. The Labute approximate surface area is 142 Å². The van der Waals surface area contributed by atoms with Gasteiger partial charge in [-0.2, -0.15) is 0 Å². The van der Waals surface area contributed by atoms with E-state index in [1.165, 1.54) is 12.3 Å². The number of para-hydroxylation sites is 1. The zero-order chi connectivity index (χ0) is 17.4. The first kappa shape index (κ1) is 17.7. The molecule has 126 valence electrons. The number of rotatable bonds is 7. The SMILES string of the molecule is CCCCCNC(=O)c1ccnc(C(=O)Nc2ccccc2C)c1. The van der Waals surface area contributed by atoms with Crippen LogP contribution < -0.4 is 10.6 Å². The maximum Gasteiger partial charge on any atom is 0.274 e. The summed E-state index contributed by atoms with van der Waals surface area (Å²) in [6.45, 7) is 4.67. The number of unbranched alkanes of at least 4 members (excludes halogenated alkanes) is 2. The molecule has 1 aromatic heterocycles. The summed E-state index contributed by atoms with van der Waals surface area (Å²) in [5, 5.41) is 5.68. The standard InChI is InChI=1S/C19H23N3O2/c1-3-4-7-11-21-18(23)15-10-12-20-17(13-15)19(24)22-16-9-6-5-8-14(16)2/h5-6,8-10,12-13H,3-4,7,11H2,1-2H3,(H,21,23)(H,22,24). The van der Waals surface area contributed by atoms with Crippen LogP contribution in [0.25, 0.3) is 0 Å². The van der Waals surface area contributed by atoms with Crippen molar-refractivity contribution in [2.75, 3.05) is 11.9 Å². The molecule has 0 radical (unpaired) electrons. The molecule has 2 amide bonds. The lowest BCUT2D eigenvalue weighted by Gasteiger charge is -2.09. The fourth-order valence-electron chi connectivity index (χ4n) is 2.27. The largest absolute Gasteiger partial charge is 0.352 e. The third-order valence-electron chi connectivity index (χ3n) is 3.71. The Balaban J connectivity index is 2.02.